The molecule has 0 radical (unpaired) electrons. The van der Waals surface area contributed by atoms with E-state index in [2.05, 4.69) is 20.1 Å². The first-order valence-corrected chi connectivity index (χ1v) is 4.29. The van der Waals surface area contributed by atoms with Crippen molar-refractivity contribution in [2.45, 2.75) is 6.10 Å². The molecule has 2 heterocycles. The largest absolute Gasteiger partial charge is 0.382 e. The molecule has 0 aromatic carbocycles. The highest BCUT2D eigenvalue weighted by Crippen LogP contribution is 2.14. The molecule has 1 unspecified atom stereocenters. The van der Waals surface area contributed by atoms with Gasteiger partial charge in [0.05, 0.1) is 6.20 Å². The lowest BCUT2D eigenvalue weighted by molar-refractivity contribution is 0.141. The first-order valence-electron chi connectivity index (χ1n) is 4.29. The number of aromatic nitrogens is 4. The highest BCUT2D eigenvalue weighted by atomic mass is 16.5. The number of nitrogens with two attached hydrogens (primary N) is 1. The predicted molar refractivity (Wildman–Crippen MR) is 49.3 cm³/mol. The summed E-state index contributed by atoms with van der Waals surface area (Å²) in [5.41, 5.74) is 5.73. The van der Waals surface area contributed by atoms with Crippen molar-refractivity contribution in [1.29, 1.82) is 0 Å². The maximum atomic E-state index is 9.33. The van der Waals surface area contributed by atoms with E-state index < -0.39 is 6.10 Å². The van der Waals surface area contributed by atoms with E-state index in [1.54, 1.807) is 6.20 Å². The Hall–Kier alpha value is -1.86. The molecule has 7 heteroatoms. The van der Waals surface area contributed by atoms with Crippen LogP contribution in [0.25, 0.3) is 11.5 Å². The summed E-state index contributed by atoms with van der Waals surface area (Å²) < 4.78 is 4.81. The van der Waals surface area contributed by atoms with Gasteiger partial charge in [-0.2, -0.15) is 4.98 Å². The van der Waals surface area contributed by atoms with Crippen LogP contribution in [0, 0.1) is 0 Å². The van der Waals surface area contributed by atoms with Crippen LogP contribution >= 0.6 is 0 Å². The number of hydrogen-bond acceptors (Lipinski definition) is 7. The summed E-state index contributed by atoms with van der Waals surface area (Å²) in [6.45, 7) is 0.0299. The first-order chi connectivity index (χ1) is 7.31. The van der Waals surface area contributed by atoms with Crippen LogP contribution in [-0.4, -0.2) is 31.8 Å². The number of aliphatic hydroxyl groups is 1. The van der Waals surface area contributed by atoms with E-state index >= 15 is 0 Å². The maximum absolute atomic E-state index is 9.33. The molecule has 0 aliphatic rings. The third kappa shape index (κ3) is 1.97. The van der Waals surface area contributed by atoms with Gasteiger partial charge in [0, 0.05) is 18.9 Å². The van der Waals surface area contributed by atoms with Gasteiger partial charge in [0.2, 0.25) is 5.82 Å². The molecule has 15 heavy (non-hydrogen) atoms. The molecule has 7 nitrogen and oxygen atoms in total. The minimum Gasteiger partial charge on any atom is -0.382 e. The Morgan fingerprint density at radius 3 is 3.00 bits per heavy atom. The second kappa shape index (κ2) is 4.11. The summed E-state index contributed by atoms with van der Waals surface area (Å²) in [6.07, 6.45) is 3.62. The van der Waals surface area contributed by atoms with Crippen molar-refractivity contribution in [3.8, 4) is 11.5 Å². The summed E-state index contributed by atoms with van der Waals surface area (Å²) in [4.78, 5) is 11.8. The van der Waals surface area contributed by atoms with Gasteiger partial charge in [0.1, 0.15) is 11.8 Å². The summed E-state index contributed by atoms with van der Waals surface area (Å²) in [7, 11) is 0. The predicted octanol–water partition coefficient (Wildman–Crippen LogP) is -0.481. The Kier molecular flexibility index (Phi) is 2.66. The van der Waals surface area contributed by atoms with Crippen LogP contribution in [0.2, 0.25) is 0 Å². The van der Waals surface area contributed by atoms with E-state index in [0.717, 1.165) is 0 Å². The van der Waals surface area contributed by atoms with E-state index in [-0.39, 0.29) is 18.3 Å². The molecule has 0 amide bonds. The summed E-state index contributed by atoms with van der Waals surface area (Å²) in [6, 6.07) is 0. The lowest BCUT2D eigenvalue weighted by Gasteiger charge is -1.97. The number of nitrogens with zero attached hydrogens (tertiary/aromatic N) is 4. The minimum atomic E-state index is -0.942. The Bertz CT molecular complexity index is 430. The highest BCUT2D eigenvalue weighted by Gasteiger charge is 2.15. The van der Waals surface area contributed by atoms with E-state index in [1.807, 2.05) is 0 Å². The topological polar surface area (TPSA) is 111 Å². The lowest BCUT2D eigenvalue weighted by atomic mass is 10.3. The molecule has 0 aliphatic carbocycles. The van der Waals surface area contributed by atoms with Crippen molar-refractivity contribution in [1.82, 2.24) is 20.1 Å². The molecule has 3 N–H and O–H groups in total. The molecule has 2 rings (SSSR count). The van der Waals surface area contributed by atoms with Gasteiger partial charge in [0.25, 0.3) is 5.89 Å². The van der Waals surface area contributed by atoms with E-state index in [0.29, 0.717) is 5.69 Å². The quantitative estimate of drug-likeness (QED) is 0.699. The molecule has 0 aliphatic heterocycles. The fourth-order valence-electron chi connectivity index (χ4n) is 0.990. The molecule has 78 valence electrons. The fraction of sp³-hybridized carbons (Fsp3) is 0.250. The average Bonchev–Trinajstić information content (AvgIpc) is 2.78. The van der Waals surface area contributed by atoms with E-state index in [1.165, 1.54) is 12.4 Å². The lowest BCUT2D eigenvalue weighted by Crippen LogP contribution is -2.11. The van der Waals surface area contributed by atoms with Gasteiger partial charge in [-0.3, -0.25) is 4.98 Å². The molecule has 0 saturated carbocycles. The van der Waals surface area contributed by atoms with Crippen LogP contribution in [-0.2, 0) is 0 Å². The minimum absolute atomic E-state index is 0.0299. The van der Waals surface area contributed by atoms with Crippen LogP contribution in [0.3, 0.4) is 0 Å². The molecular weight excluding hydrogens is 198 g/mol. The van der Waals surface area contributed by atoms with Gasteiger partial charge >= 0.3 is 0 Å². The summed E-state index contributed by atoms with van der Waals surface area (Å²) in [5.74, 6) is 0.365. The van der Waals surface area contributed by atoms with Gasteiger partial charge in [-0.15, -0.1) is 0 Å². The summed E-state index contributed by atoms with van der Waals surface area (Å²) in [5, 5.41) is 13.0. The van der Waals surface area contributed by atoms with E-state index in [4.69, 9.17) is 10.3 Å². The van der Waals surface area contributed by atoms with Crippen molar-refractivity contribution in [2.75, 3.05) is 6.54 Å². The van der Waals surface area contributed by atoms with Crippen molar-refractivity contribution >= 4 is 0 Å². The monoisotopic (exact) mass is 207 g/mol. The van der Waals surface area contributed by atoms with Crippen LogP contribution in [0.15, 0.2) is 23.1 Å². The number of rotatable bonds is 3. The Morgan fingerprint density at radius 2 is 2.33 bits per heavy atom. The van der Waals surface area contributed by atoms with Gasteiger partial charge in [-0.1, -0.05) is 5.16 Å². The van der Waals surface area contributed by atoms with Crippen molar-refractivity contribution < 1.29 is 9.63 Å². The van der Waals surface area contributed by atoms with Crippen LogP contribution < -0.4 is 5.73 Å². The van der Waals surface area contributed by atoms with Crippen molar-refractivity contribution in [3.63, 3.8) is 0 Å². The molecule has 0 spiro atoms. The molecular formula is C8H9N5O2. The maximum Gasteiger partial charge on any atom is 0.257 e. The fourth-order valence-corrected chi connectivity index (χ4v) is 0.990. The van der Waals surface area contributed by atoms with Gasteiger partial charge in [0.15, 0.2) is 0 Å². The standard InChI is InChI=1S/C8H9N5O2/c9-3-6(14)8-12-7(13-15-8)5-4-10-1-2-11-5/h1-2,4,6,14H,3,9H2. The number of hydrogen-bond donors (Lipinski definition) is 2. The Balaban J connectivity index is 2.28. The summed E-state index contributed by atoms with van der Waals surface area (Å²) >= 11 is 0. The highest BCUT2D eigenvalue weighted by molar-refractivity contribution is 5.45. The molecule has 0 saturated heterocycles. The van der Waals surface area contributed by atoms with Crippen LogP contribution in [0.1, 0.15) is 12.0 Å². The third-order valence-electron chi connectivity index (χ3n) is 1.74. The zero-order valence-corrected chi connectivity index (χ0v) is 7.74. The smallest absolute Gasteiger partial charge is 0.257 e. The van der Waals surface area contributed by atoms with Gasteiger partial charge in [-0.05, 0) is 0 Å². The van der Waals surface area contributed by atoms with Gasteiger partial charge in [-0.25, -0.2) is 4.98 Å². The molecule has 2 aromatic heterocycles. The zero-order valence-electron chi connectivity index (χ0n) is 7.74. The zero-order chi connectivity index (χ0) is 10.7. The Morgan fingerprint density at radius 1 is 1.47 bits per heavy atom. The van der Waals surface area contributed by atoms with Crippen LogP contribution in [0.4, 0.5) is 0 Å². The Labute approximate surface area is 85.0 Å². The third-order valence-corrected chi connectivity index (χ3v) is 1.74. The first kappa shape index (κ1) is 9.69. The normalized spacial score (nSPS) is 12.7. The van der Waals surface area contributed by atoms with Crippen molar-refractivity contribution in [2.24, 2.45) is 5.73 Å². The second-order valence-electron chi connectivity index (χ2n) is 2.80. The SMILES string of the molecule is NCC(O)c1nc(-c2cnccn2)no1. The van der Waals surface area contributed by atoms with Gasteiger partial charge < -0.3 is 15.4 Å². The van der Waals surface area contributed by atoms with E-state index in [9.17, 15) is 5.11 Å². The van der Waals surface area contributed by atoms with Crippen molar-refractivity contribution in [3.05, 3.63) is 24.5 Å². The van der Waals surface area contributed by atoms with Crippen LogP contribution in [0.5, 0.6) is 0 Å². The second-order valence-corrected chi connectivity index (χ2v) is 2.80. The average molecular weight is 207 g/mol. The molecule has 0 fully saturated rings. The number of aliphatic hydroxyl groups excluding tert-OH is 1. The molecule has 1 atom stereocenters. The molecule has 2 aromatic rings. The molecule has 0 bridgehead atoms.